The van der Waals surface area contributed by atoms with Crippen molar-refractivity contribution >= 4 is 11.6 Å². The summed E-state index contributed by atoms with van der Waals surface area (Å²) >= 11 is 0. The van der Waals surface area contributed by atoms with Gasteiger partial charge in [0.15, 0.2) is 0 Å². The summed E-state index contributed by atoms with van der Waals surface area (Å²) in [4.78, 5) is 13.9. The van der Waals surface area contributed by atoms with E-state index in [1.807, 2.05) is 12.1 Å². The zero-order chi connectivity index (χ0) is 26.2. The van der Waals surface area contributed by atoms with Gasteiger partial charge in [-0.15, -0.1) is 0 Å². The molecule has 1 aliphatic heterocycles. The van der Waals surface area contributed by atoms with E-state index in [0.717, 1.165) is 38.0 Å². The molecule has 3 aromatic rings. The number of aliphatic hydroxyl groups is 1. The van der Waals surface area contributed by atoms with E-state index in [9.17, 15) is 18.7 Å². The maximum atomic E-state index is 14.9. The van der Waals surface area contributed by atoms with Crippen LogP contribution in [0.25, 0.3) is 11.1 Å². The molecule has 0 bridgehead atoms. The van der Waals surface area contributed by atoms with Crippen molar-refractivity contribution in [3.05, 3.63) is 83.9 Å². The van der Waals surface area contributed by atoms with E-state index in [4.69, 9.17) is 4.74 Å². The number of carbonyl (C=O) groups is 1. The summed E-state index contributed by atoms with van der Waals surface area (Å²) in [6, 6.07) is 18.4. The summed E-state index contributed by atoms with van der Waals surface area (Å²) in [6.07, 6.45) is 1.12. The molecule has 6 nitrogen and oxygen atoms in total. The molecule has 3 aromatic carbocycles. The van der Waals surface area contributed by atoms with Crippen LogP contribution in [0.3, 0.4) is 0 Å². The Kier molecular flexibility index (Phi) is 9.22. The number of halogens is 2. The summed E-state index contributed by atoms with van der Waals surface area (Å²) in [5.74, 6) is -0.659. The molecule has 0 aliphatic carbocycles. The van der Waals surface area contributed by atoms with E-state index < -0.39 is 11.9 Å². The quantitative estimate of drug-likeness (QED) is 0.373. The Hall–Kier alpha value is -3.33. The van der Waals surface area contributed by atoms with Crippen molar-refractivity contribution in [2.24, 2.45) is 0 Å². The van der Waals surface area contributed by atoms with Gasteiger partial charge in [0.1, 0.15) is 30.1 Å². The van der Waals surface area contributed by atoms with Gasteiger partial charge >= 0.3 is 0 Å². The lowest BCUT2D eigenvalue weighted by atomic mass is 10.0. The molecule has 1 saturated heterocycles. The molecule has 4 rings (SSSR count). The van der Waals surface area contributed by atoms with Crippen LogP contribution in [-0.4, -0.2) is 54.3 Å². The normalized spacial score (nSPS) is 15.4. The number of hydrogen-bond donors (Lipinski definition) is 3. The van der Waals surface area contributed by atoms with Gasteiger partial charge in [0.2, 0.25) is 5.91 Å². The van der Waals surface area contributed by atoms with Gasteiger partial charge in [0, 0.05) is 37.3 Å². The highest BCUT2D eigenvalue weighted by molar-refractivity contribution is 5.95. The summed E-state index contributed by atoms with van der Waals surface area (Å²) in [5.41, 5.74) is 2.32. The molecular weight excluding hydrogens is 476 g/mol. The number of para-hydroxylation sites is 1. The molecular formula is C29H33F2N3O3. The lowest BCUT2D eigenvalue weighted by Gasteiger charge is -2.33. The third-order valence-corrected chi connectivity index (χ3v) is 6.46. The van der Waals surface area contributed by atoms with Crippen LogP contribution in [-0.2, 0) is 11.3 Å². The summed E-state index contributed by atoms with van der Waals surface area (Å²) in [6.45, 7) is 4.38. The van der Waals surface area contributed by atoms with E-state index in [0.29, 0.717) is 23.5 Å². The van der Waals surface area contributed by atoms with Crippen molar-refractivity contribution in [2.75, 3.05) is 31.6 Å². The predicted octanol–water partition coefficient (Wildman–Crippen LogP) is 4.58. The van der Waals surface area contributed by atoms with Gasteiger partial charge < -0.3 is 20.5 Å². The van der Waals surface area contributed by atoms with Crippen LogP contribution in [0.2, 0.25) is 0 Å². The summed E-state index contributed by atoms with van der Waals surface area (Å²) in [7, 11) is 0. The van der Waals surface area contributed by atoms with Crippen molar-refractivity contribution in [1.82, 2.24) is 10.2 Å². The summed E-state index contributed by atoms with van der Waals surface area (Å²) in [5, 5.41) is 16.7. The number of piperidine rings is 1. The fraction of sp³-hybridized carbons (Fsp3) is 0.345. The second kappa shape index (κ2) is 12.8. The molecule has 1 unspecified atom stereocenters. The molecule has 1 aliphatic rings. The Morgan fingerprint density at radius 2 is 1.78 bits per heavy atom. The first-order valence-electron chi connectivity index (χ1n) is 12.6. The monoisotopic (exact) mass is 509 g/mol. The predicted molar refractivity (Wildman–Crippen MR) is 140 cm³/mol. The number of rotatable bonds is 10. The topological polar surface area (TPSA) is 73.8 Å². The fourth-order valence-electron chi connectivity index (χ4n) is 4.58. The first-order valence-corrected chi connectivity index (χ1v) is 12.6. The highest BCUT2D eigenvalue weighted by Gasteiger charge is 2.21. The first-order chi connectivity index (χ1) is 17.9. The van der Waals surface area contributed by atoms with Gasteiger partial charge in [-0.3, -0.25) is 9.69 Å². The Morgan fingerprint density at radius 3 is 2.51 bits per heavy atom. The molecule has 8 heteroatoms. The van der Waals surface area contributed by atoms with E-state index in [1.165, 1.54) is 25.1 Å². The number of nitrogens with zero attached hydrogens (tertiary/aromatic N) is 1. The molecule has 0 saturated carbocycles. The molecule has 37 heavy (non-hydrogen) atoms. The average Bonchev–Trinajstić information content (AvgIpc) is 2.89. The van der Waals surface area contributed by atoms with Gasteiger partial charge in [0.05, 0.1) is 5.56 Å². The smallest absolute Gasteiger partial charge is 0.221 e. The minimum absolute atomic E-state index is 0.00479. The number of carbonyl (C=O) groups excluding carboxylic acids is 1. The number of hydrogen-bond acceptors (Lipinski definition) is 5. The molecule has 1 heterocycles. The second-order valence-corrected chi connectivity index (χ2v) is 9.39. The lowest BCUT2D eigenvalue weighted by Crippen LogP contribution is -2.45. The maximum Gasteiger partial charge on any atom is 0.221 e. The van der Waals surface area contributed by atoms with Crippen LogP contribution < -0.4 is 15.4 Å². The molecule has 0 aromatic heterocycles. The van der Waals surface area contributed by atoms with Gasteiger partial charge in [-0.05, 0) is 61.8 Å². The van der Waals surface area contributed by atoms with Crippen molar-refractivity contribution in [3.8, 4) is 16.9 Å². The average molecular weight is 510 g/mol. The van der Waals surface area contributed by atoms with Crippen LogP contribution >= 0.6 is 0 Å². The van der Waals surface area contributed by atoms with E-state index in [1.54, 1.807) is 36.4 Å². The SMILES string of the molecule is CC(=O)Nc1ccccc1-c1c(F)cccc1OCC(O)CNC1CCN(Cc2ccc(F)cc2)CC1. The molecule has 1 fully saturated rings. The molecule has 1 amide bonds. The molecule has 3 N–H and O–H groups in total. The third-order valence-electron chi connectivity index (χ3n) is 6.46. The van der Waals surface area contributed by atoms with Crippen LogP contribution in [0.1, 0.15) is 25.3 Å². The maximum absolute atomic E-state index is 14.9. The number of aliphatic hydroxyl groups excluding tert-OH is 1. The Morgan fingerprint density at radius 1 is 1.05 bits per heavy atom. The summed E-state index contributed by atoms with van der Waals surface area (Å²) < 4.78 is 33.8. The first kappa shape index (κ1) is 26.7. The zero-order valence-corrected chi connectivity index (χ0v) is 20.9. The van der Waals surface area contributed by atoms with Crippen LogP contribution in [0.15, 0.2) is 66.7 Å². The minimum Gasteiger partial charge on any atom is -0.490 e. The molecule has 0 radical (unpaired) electrons. The molecule has 1 atom stereocenters. The largest absolute Gasteiger partial charge is 0.490 e. The van der Waals surface area contributed by atoms with Crippen LogP contribution in [0.4, 0.5) is 14.5 Å². The highest BCUT2D eigenvalue weighted by atomic mass is 19.1. The van der Waals surface area contributed by atoms with Crippen molar-refractivity contribution < 1.29 is 23.4 Å². The second-order valence-electron chi connectivity index (χ2n) is 9.39. The Bertz CT molecular complexity index is 1180. The van der Waals surface area contributed by atoms with E-state index in [2.05, 4.69) is 15.5 Å². The van der Waals surface area contributed by atoms with E-state index >= 15 is 0 Å². The lowest BCUT2D eigenvalue weighted by molar-refractivity contribution is -0.114. The number of benzene rings is 3. The van der Waals surface area contributed by atoms with E-state index in [-0.39, 0.29) is 29.9 Å². The van der Waals surface area contributed by atoms with Gasteiger partial charge in [-0.2, -0.15) is 0 Å². The number of amides is 1. The van der Waals surface area contributed by atoms with Crippen LogP contribution in [0.5, 0.6) is 5.75 Å². The van der Waals surface area contributed by atoms with Crippen LogP contribution in [0, 0.1) is 11.6 Å². The van der Waals surface area contributed by atoms with Gasteiger partial charge in [-0.1, -0.05) is 36.4 Å². The number of nitrogens with one attached hydrogen (secondary N) is 2. The zero-order valence-electron chi connectivity index (χ0n) is 20.9. The third kappa shape index (κ3) is 7.58. The Labute approximate surface area is 216 Å². The number of ether oxygens (including phenoxy) is 1. The standard InChI is InChI=1S/C29H33F2N3O3/c1-20(35)33-27-7-3-2-5-25(27)29-26(31)6-4-8-28(29)37-19-24(36)17-32-23-13-15-34(16-14-23)18-21-9-11-22(30)12-10-21/h2-12,23-24,32,36H,13-19H2,1H3,(H,33,35). The number of likely N-dealkylation sites (tertiary alicyclic amines) is 1. The van der Waals surface area contributed by atoms with Crippen molar-refractivity contribution in [3.63, 3.8) is 0 Å². The Balaban J connectivity index is 1.27. The minimum atomic E-state index is -0.779. The fourth-order valence-corrected chi connectivity index (χ4v) is 4.58. The van der Waals surface area contributed by atoms with Gasteiger partial charge in [0.25, 0.3) is 0 Å². The molecule has 0 spiro atoms. The van der Waals surface area contributed by atoms with Gasteiger partial charge in [-0.25, -0.2) is 8.78 Å². The molecule has 196 valence electrons. The van der Waals surface area contributed by atoms with Crippen molar-refractivity contribution in [1.29, 1.82) is 0 Å². The highest BCUT2D eigenvalue weighted by Crippen LogP contribution is 2.37. The number of anilines is 1. The van der Waals surface area contributed by atoms with Crippen molar-refractivity contribution in [2.45, 2.75) is 38.5 Å².